The highest BCUT2D eigenvalue weighted by Crippen LogP contribution is 2.26. The van der Waals surface area contributed by atoms with E-state index < -0.39 is 4.92 Å². The summed E-state index contributed by atoms with van der Waals surface area (Å²) >= 11 is 11.1. The second-order valence-corrected chi connectivity index (χ2v) is 4.90. The summed E-state index contributed by atoms with van der Waals surface area (Å²) in [5, 5.41) is 16.2. The van der Waals surface area contributed by atoms with Crippen molar-refractivity contribution in [3.8, 4) is 0 Å². The van der Waals surface area contributed by atoms with Gasteiger partial charge in [0.15, 0.2) is 5.11 Å². The van der Waals surface area contributed by atoms with Crippen LogP contribution in [-0.4, -0.2) is 41.3 Å². The van der Waals surface area contributed by atoms with E-state index in [0.29, 0.717) is 42.1 Å². The molecule has 1 saturated heterocycles. The van der Waals surface area contributed by atoms with Crippen LogP contribution in [0.3, 0.4) is 0 Å². The van der Waals surface area contributed by atoms with E-state index in [1.165, 1.54) is 18.2 Å². The van der Waals surface area contributed by atoms with Gasteiger partial charge in [0.2, 0.25) is 0 Å². The van der Waals surface area contributed by atoms with E-state index in [4.69, 9.17) is 28.6 Å². The lowest BCUT2D eigenvalue weighted by Crippen LogP contribution is -2.49. The minimum absolute atomic E-state index is 0.0499. The van der Waals surface area contributed by atoms with Crippen molar-refractivity contribution in [2.45, 2.75) is 0 Å². The van der Waals surface area contributed by atoms with Crippen LogP contribution in [-0.2, 0) is 4.74 Å². The van der Waals surface area contributed by atoms with Crippen molar-refractivity contribution >= 4 is 40.3 Å². The number of anilines is 1. The van der Waals surface area contributed by atoms with Crippen molar-refractivity contribution in [2.24, 2.45) is 0 Å². The number of nitro benzene ring substituents is 1. The van der Waals surface area contributed by atoms with Gasteiger partial charge in [0, 0.05) is 25.2 Å². The van der Waals surface area contributed by atoms with Gasteiger partial charge in [-0.25, -0.2) is 5.01 Å². The van der Waals surface area contributed by atoms with Gasteiger partial charge in [-0.3, -0.25) is 15.5 Å². The van der Waals surface area contributed by atoms with E-state index in [-0.39, 0.29) is 5.69 Å². The third-order valence-electron chi connectivity index (χ3n) is 2.68. The van der Waals surface area contributed by atoms with Crippen LogP contribution in [0.25, 0.3) is 0 Å². The molecule has 1 aliphatic heterocycles. The summed E-state index contributed by atoms with van der Waals surface area (Å²) in [7, 11) is 0. The molecule has 0 bridgehead atoms. The monoisotopic (exact) mass is 316 g/mol. The lowest BCUT2D eigenvalue weighted by atomic mass is 10.3. The lowest BCUT2D eigenvalue weighted by Gasteiger charge is -2.28. The number of hydrazine groups is 1. The summed E-state index contributed by atoms with van der Waals surface area (Å²) in [5.74, 6) is 0. The van der Waals surface area contributed by atoms with E-state index >= 15 is 0 Å². The quantitative estimate of drug-likeness (QED) is 0.500. The Balaban J connectivity index is 1.99. The van der Waals surface area contributed by atoms with Crippen LogP contribution in [0.4, 0.5) is 11.4 Å². The molecular weight excluding hydrogens is 304 g/mol. The Morgan fingerprint density at radius 3 is 2.80 bits per heavy atom. The number of hydrogen-bond acceptors (Lipinski definition) is 5. The molecule has 1 aromatic rings. The normalized spacial score (nSPS) is 15.7. The standard InChI is InChI=1S/C11H13ClN4O3S/c12-9-2-1-8(16(17)18)7-10(9)13-11(20)14-15-3-5-19-6-4-15/h1-2,7H,3-6H2,(H2,13,14,20). The Morgan fingerprint density at radius 1 is 1.45 bits per heavy atom. The molecule has 0 amide bonds. The molecule has 2 rings (SSSR count). The van der Waals surface area contributed by atoms with Crippen molar-refractivity contribution in [3.05, 3.63) is 33.3 Å². The highest BCUT2D eigenvalue weighted by atomic mass is 35.5. The van der Waals surface area contributed by atoms with Gasteiger partial charge in [0.25, 0.3) is 5.69 Å². The number of halogens is 1. The predicted molar refractivity (Wildman–Crippen MR) is 79.9 cm³/mol. The van der Waals surface area contributed by atoms with Crippen molar-refractivity contribution < 1.29 is 9.66 Å². The number of benzene rings is 1. The van der Waals surface area contributed by atoms with Gasteiger partial charge in [-0.15, -0.1) is 0 Å². The van der Waals surface area contributed by atoms with Crippen LogP contribution in [0.15, 0.2) is 18.2 Å². The fourth-order valence-electron chi connectivity index (χ4n) is 1.69. The van der Waals surface area contributed by atoms with Crippen LogP contribution in [0.5, 0.6) is 0 Å². The highest BCUT2D eigenvalue weighted by molar-refractivity contribution is 7.80. The van der Waals surface area contributed by atoms with Crippen molar-refractivity contribution in [2.75, 3.05) is 31.6 Å². The predicted octanol–water partition coefficient (Wildman–Crippen LogP) is 1.78. The van der Waals surface area contributed by atoms with E-state index in [0.717, 1.165) is 0 Å². The molecule has 1 heterocycles. The van der Waals surface area contributed by atoms with Gasteiger partial charge < -0.3 is 10.1 Å². The minimum atomic E-state index is -0.486. The zero-order valence-electron chi connectivity index (χ0n) is 10.5. The molecule has 9 heteroatoms. The number of nitrogens with zero attached hydrogens (tertiary/aromatic N) is 2. The molecular formula is C11H13ClN4O3S. The minimum Gasteiger partial charge on any atom is -0.379 e. The summed E-state index contributed by atoms with van der Waals surface area (Å²) < 4.78 is 5.22. The Morgan fingerprint density at radius 2 is 2.15 bits per heavy atom. The number of ether oxygens (including phenoxy) is 1. The first kappa shape index (κ1) is 14.9. The first-order chi connectivity index (χ1) is 9.56. The van der Waals surface area contributed by atoms with Crippen LogP contribution in [0.2, 0.25) is 5.02 Å². The average molecular weight is 317 g/mol. The Kier molecular flexibility index (Phi) is 5.07. The molecule has 1 fully saturated rings. The first-order valence-corrected chi connectivity index (χ1v) is 6.69. The smallest absolute Gasteiger partial charge is 0.271 e. The van der Waals surface area contributed by atoms with Crippen molar-refractivity contribution in [1.82, 2.24) is 10.4 Å². The van der Waals surface area contributed by atoms with E-state index in [2.05, 4.69) is 10.7 Å². The highest BCUT2D eigenvalue weighted by Gasteiger charge is 2.13. The fourth-order valence-corrected chi connectivity index (χ4v) is 2.10. The van der Waals surface area contributed by atoms with Crippen LogP contribution >= 0.6 is 23.8 Å². The van der Waals surface area contributed by atoms with Crippen molar-refractivity contribution in [3.63, 3.8) is 0 Å². The average Bonchev–Trinajstić information content (AvgIpc) is 2.42. The Bertz CT molecular complexity index is 522. The maximum absolute atomic E-state index is 10.7. The third-order valence-corrected chi connectivity index (χ3v) is 3.20. The molecule has 0 aromatic heterocycles. The maximum Gasteiger partial charge on any atom is 0.271 e. The van der Waals surface area contributed by atoms with Gasteiger partial charge in [-0.1, -0.05) is 11.6 Å². The van der Waals surface area contributed by atoms with E-state index in [1.54, 1.807) is 0 Å². The largest absolute Gasteiger partial charge is 0.379 e. The second-order valence-electron chi connectivity index (χ2n) is 4.09. The molecule has 1 aromatic carbocycles. The number of hydrogen-bond donors (Lipinski definition) is 2. The fraction of sp³-hybridized carbons (Fsp3) is 0.364. The Hall–Kier alpha value is -1.48. The Labute approximate surface area is 126 Å². The van der Waals surface area contributed by atoms with E-state index in [1.807, 2.05) is 5.01 Å². The first-order valence-electron chi connectivity index (χ1n) is 5.90. The van der Waals surface area contributed by atoms with Gasteiger partial charge in [-0.05, 0) is 18.3 Å². The number of rotatable bonds is 3. The number of nitrogens with one attached hydrogen (secondary N) is 2. The molecule has 0 unspecified atom stereocenters. The zero-order chi connectivity index (χ0) is 14.5. The van der Waals surface area contributed by atoms with Crippen LogP contribution < -0.4 is 10.7 Å². The molecule has 0 aliphatic carbocycles. The summed E-state index contributed by atoms with van der Waals surface area (Å²) in [5.41, 5.74) is 3.33. The van der Waals surface area contributed by atoms with Crippen molar-refractivity contribution in [1.29, 1.82) is 0 Å². The lowest BCUT2D eigenvalue weighted by molar-refractivity contribution is -0.384. The molecule has 108 valence electrons. The van der Waals surface area contributed by atoms with E-state index in [9.17, 15) is 10.1 Å². The van der Waals surface area contributed by atoms with Crippen LogP contribution in [0.1, 0.15) is 0 Å². The molecule has 7 nitrogen and oxygen atoms in total. The number of morpholine rings is 1. The summed E-state index contributed by atoms with van der Waals surface area (Å²) in [6, 6.07) is 4.14. The van der Waals surface area contributed by atoms with Crippen LogP contribution in [0, 0.1) is 10.1 Å². The molecule has 0 saturated carbocycles. The summed E-state index contributed by atoms with van der Waals surface area (Å²) in [6.07, 6.45) is 0. The maximum atomic E-state index is 10.7. The summed E-state index contributed by atoms with van der Waals surface area (Å²) in [4.78, 5) is 10.2. The second kappa shape index (κ2) is 6.80. The van der Waals surface area contributed by atoms with Gasteiger partial charge in [0.05, 0.1) is 28.8 Å². The zero-order valence-corrected chi connectivity index (χ0v) is 12.0. The van der Waals surface area contributed by atoms with Gasteiger partial charge in [0.1, 0.15) is 0 Å². The number of thiocarbonyl (C=S) groups is 1. The molecule has 0 radical (unpaired) electrons. The SMILES string of the molecule is O=[N+]([O-])c1ccc(Cl)c(NC(=S)NN2CCOCC2)c1. The molecule has 2 N–H and O–H groups in total. The molecule has 0 atom stereocenters. The summed E-state index contributed by atoms with van der Waals surface area (Å²) in [6.45, 7) is 2.69. The van der Waals surface area contributed by atoms with Gasteiger partial charge in [-0.2, -0.15) is 0 Å². The molecule has 0 spiro atoms. The number of non-ortho nitro benzene ring substituents is 1. The number of nitro groups is 1. The van der Waals surface area contributed by atoms with Gasteiger partial charge >= 0.3 is 0 Å². The third kappa shape index (κ3) is 4.01. The topological polar surface area (TPSA) is 79.7 Å². The molecule has 1 aliphatic rings. The molecule has 20 heavy (non-hydrogen) atoms.